The maximum Gasteiger partial charge on any atom is 0.270 e. The molecule has 1 aliphatic rings. The first-order chi connectivity index (χ1) is 16.2. The number of ether oxygens (including phenoxy) is 1. The molecule has 5 rings (SSSR count). The first-order valence-corrected chi connectivity index (χ1v) is 11.3. The van der Waals surface area contributed by atoms with Crippen molar-refractivity contribution in [3.8, 4) is 16.9 Å². The van der Waals surface area contributed by atoms with Crippen LogP contribution in [0.15, 0.2) is 67.1 Å². The summed E-state index contributed by atoms with van der Waals surface area (Å²) in [6, 6.07) is 15.7. The molecular weight excluding hydrogens is 414 g/mol. The van der Waals surface area contributed by atoms with Crippen LogP contribution >= 0.6 is 0 Å². The van der Waals surface area contributed by atoms with Gasteiger partial charge in [0.2, 0.25) is 0 Å². The zero-order valence-corrected chi connectivity index (χ0v) is 18.6. The van der Waals surface area contributed by atoms with Crippen LogP contribution in [0.25, 0.3) is 21.9 Å². The topological polar surface area (TPSA) is 83.1 Å². The maximum absolute atomic E-state index is 13.3. The Morgan fingerprint density at radius 3 is 2.76 bits per heavy atom. The van der Waals surface area contributed by atoms with Gasteiger partial charge in [-0.3, -0.25) is 14.9 Å². The van der Waals surface area contributed by atoms with E-state index in [4.69, 9.17) is 4.74 Å². The second kappa shape index (κ2) is 9.42. The van der Waals surface area contributed by atoms with Crippen LogP contribution in [0.3, 0.4) is 0 Å². The van der Waals surface area contributed by atoms with Crippen molar-refractivity contribution in [2.24, 2.45) is 0 Å². The Hall–Kier alpha value is -3.71. The number of benzene rings is 2. The lowest BCUT2D eigenvalue weighted by Crippen LogP contribution is -2.37. The summed E-state index contributed by atoms with van der Waals surface area (Å²) < 4.78 is 5.41. The van der Waals surface area contributed by atoms with E-state index in [2.05, 4.69) is 31.5 Å². The van der Waals surface area contributed by atoms with E-state index >= 15 is 0 Å². The number of H-pyrrole nitrogens is 1. The molecule has 33 heavy (non-hydrogen) atoms. The summed E-state index contributed by atoms with van der Waals surface area (Å²) in [4.78, 5) is 20.1. The fraction of sp³-hybridized carbons (Fsp3) is 0.269. The number of amides is 1. The van der Waals surface area contributed by atoms with Gasteiger partial charge in [-0.25, -0.2) is 0 Å². The lowest BCUT2D eigenvalue weighted by atomic mass is 10.0. The average molecular weight is 442 g/mol. The number of carbonyl (C=O) groups excluding carboxylic acids is 1. The second-order valence-corrected chi connectivity index (χ2v) is 8.43. The highest BCUT2D eigenvalue weighted by Crippen LogP contribution is 2.25. The lowest BCUT2D eigenvalue weighted by molar-refractivity contribution is 0.0922. The van der Waals surface area contributed by atoms with E-state index in [9.17, 15) is 4.79 Å². The molecule has 0 aliphatic carbocycles. The quantitative estimate of drug-likeness (QED) is 0.449. The molecule has 4 aromatic rings. The third-order valence-electron chi connectivity index (χ3n) is 6.23. The summed E-state index contributed by atoms with van der Waals surface area (Å²) in [7, 11) is 1.66. The van der Waals surface area contributed by atoms with Gasteiger partial charge in [0.1, 0.15) is 11.4 Å². The second-order valence-electron chi connectivity index (χ2n) is 8.43. The highest BCUT2D eigenvalue weighted by molar-refractivity contribution is 5.97. The van der Waals surface area contributed by atoms with Crippen molar-refractivity contribution in [3.63, 3.8) is 0 Å². The molecule has 7 heteroatoms. The largest absolute Gasteiger partial charge is 0.497 e. The third-order valence-corrected chi connectivity index (χ3v) is 6.23. The van der Waals surface area contributed by atoms with Crippen molar-refractivity contribution in [1.82, 2.24) is 25.4 Å². The number of aromatic nitrogens is 3. The SMILES string of the molecule is COc1cccc(C(CN2CCCC2)NC(=O)c2cc3cc(-c4cn[nH]c4)ccc3cn2)c1. The highest BCUT2D eigenvalue weighted by Gasteiger charge is 2.22. The van der Waals surface area contributed by atoms with E-state index in [-0.39, 0.29) is 11.9 Å². The highest BCUT2D eigenvalue weighted by atomic mass is 16.5. The van der Waals surface area contributed by atoms with E-state index in [1.807, 2.05) is 48.7 Å². The Kier molecular flexibility index (Phi) is 6.04. The number of carbonyl (C=O) groups is 1. The van der Waals surface area contributed by atoms with Crippen LogP contribution in [0.4, 0.5) is 0 Å². The summed E-state index contributed by atoms with van der Waals surface area (Å²) in [5.41, 5.74) is 3.47. The molecule has 0 bridgehead atoms. The molecule has 2 N–H and O–H groups in total. The average Bonchev–Trinajstić information content (AvgIpc) is 3.57. The summed E-state index contributed by atoms with van der Waals surface area (Å²) in [5, 5.41) is 12.0. The van der Waals surface area contributed by atoms with Crippen LogP contribution in [0, 0.1) is 0 Å². The number of hydrogen-bond donors (Lipinski definition) is 2. The van der Waals surface area contributed by atoms with Crippen molar-refractivity contribution in [1.29, 1.82) is 0 Å². The van der Waals surface area contributed by atoms with E-state index in [0.717, 1.165) is 52.8 Å². The molecule has 1 saturated heterocycles. The number of nitrogens with zero attached hydrogens (tertiary/aromatic N) is 3. The number of aromatic amines is 1. The van der Waals surface area contributed by atoms with Gasteiger partial charge in [-0.1, -0.05) is 24.3 Å². The van der Waals surface area contributed by atoms with Crippen molar-refractivity contribution < 1.29 is 9.53 Å². The summed E-state index contributed by atoms with van der Waals surface area (Å²) in [6.45, 7) is 2.87. The molecular formula is C26H27N5O2. The molecule has 2 aromatic carbocycles. The van der Waals surface area contributed by atoms with Crippen LogP contribution in [-0.4, -0.2) is 52.7 Å². The smallest absolute Gasteiger partial charge is 0.270 e. The van der Waals surface area contributed by atoms with Gasteiger partial charge in [0.15, 0.2) is 0 Å². The zero-order valence-electron chi connectivity index (χ0n) is 18.6. The number of nitrogens with one attached hydrogen (secondary N) is 2. The number of likely N-dealkylation sites (tertiary alicyclic amines) is 1. The standard InChI is InChI=1S/C26H27N5O2/c1-33-23-6-4-5-19(12-23)25(17-31-9-2-3-10-31)30-26(32)24-13-21-11-18(22-15-28-29-16-22)7-8-20(21)14-27-24/h4-8,11-16,25H,2-3,9-10,17H2,1H3,(H,28,29)(H,30,32). The number of fused-ring (bicyclic) bond motifs is 1. The predicted octanol–water partition coefficient (Wildman–Crippen LogP) is 4.20. The molecule has 1 aliphatic heterocycles. The molecule has 1 fully saturated rings. The molecule has 168 valence electrons. The van der Waals surface area contributed by atoms with Crippen molar-refractivity contribution >= 4 is 16.7 Å². The number of hydrogen-bond acceptors (Lipinski definition) is 5. The first kappa shape index (κ1) is 21.2. The van der Waals surface area contributed by atoms with Gasteiger partial charge in [0, 0.05) is 29.9 Å². The normalized spacial score (nSPS) is 14.9. The molecule has 1 atom stereocenters. The molecule has 0 saturated carbocycles. The Morgan fingerprint density at radius 2 is 1.97 bits per heavy atom. The maximum atomic E-state index is 13.3. The van der Waals surface area contributed by atoms with E-state index < -0.39 is 0 Å². The van der Waals surface area contributed by atoms with Crippen LogP contribution in [0.2, 0.25) is 0 Å². The van der Waals surface area contributed by atoms with Gasteiger partial charge in [0.05, 0.1) is 19.3 Å². The van der Waals surface area contributed by atoms with Gasteiger partial charge in [-0.05, 0) is 66.7 Å². The van der Waals surface area contributed by atoms with E-state index in [0.29, 0.717) is 5.69 Å². The van der Waals surface area contributed by atoms with Crippen LogP contribution in [0.5, 0.6) is 5.75 Å². The third kappa shape index (κ3) is 4.73. The van der Waals surface area contributed by atoms with Crippen LogP contribution < -0.4 is 10.1 Å². The molecule has 7 nitrogen and oxygen atoms in total. The fourth-order valence-electron chi connectivity index (χ4n) is 4.40. The van der Waals surface area contributed by atoms with Gasteiger partial charge >= 0.3 is 0 Å². The predicted molar refractivity (Wildman–Crippen MR) is 128 cm³/mol. The minimum absolute atomic E-state index is 0.152. The Morgan fingerprint density at radius 1 is 1.09 bits per heavy atom. The Balaban J connectivity index is 1.41. The van der Waals surface area contributed by atoms with Crippen LogP contribution in [0.1, 0.15) is 34.9 Å². The molecule has 0 spiro atoms. The van der Waals surface area contributed by atoms with Crippen molar-refractivity contribution in [3.05, 3.63) is 78.4 Å². The van der Waals surface area contributed by atoms with Crippen molar-refractivity contribution in [2.75, 3.05) is 26.7 Å². The van der Waals surface area contributed by atoms with Gasteiger partial charge in [0.25, 0.3) is 5.91 Å². The minimum atomic E-state index is -0.183. The van der Waals surface area contributed by atoms with Gasteiger partial charge < -0.3 is 15.0 Å². The molecule has 2 aromatic heterocycles. The van der Waals surface area contributed by atoms with E-state index in [1.165, 1.54) is 12.8 Å². The number of pyridine rings is 1. The van der Waals surface area contributed by atoms with E-state index in [1.54, 1.807) is 19.5 Å². The van der Waals surface area contributed by atoms with Gasteiger partial charge in [-0.2, -0.15) is 5.10 Å². The Labute approximate surface area is 192 Å². The fourth-order valence-corrected chi connectivity index (χ4v) is 4.40. The van der Waals surface area contributed by atoms with Crippen LogP contribution in [-0.2, 0) is 0 Å². The molecule has 0 radical (unpaired) electrons. The summed E-state index contributed by atoms with van der Waals surface area (Å²) in [6.07, 6.45) is 7.79. The molecule has 1 amide bonds. The molecule has 3 heterocycles. The number of rotatable bonds is 7. The zero-order chi connectivity index (χ0) is 22.6. The lowest BCUT2D eigenvalue weighted by Gasteiger charge is -2.25. The van der Waals surface area contributed by atoms with Gasteiger partial charge in [-0.15, -0.1) is 0 Å². The minimum Gasteiger partial charge on any atom is -0.497 e. The number of methoxy groups -OCH3 is 1. The first-order valence-electron chi connectivity index (χ1n) is 11.3. The summed E-state index contributed by atoms with van der Waals surface area (Å²) in [5.74, 6) is 0.599. The monoisotopic (exact) mass is 441 g/mol. The van der Waals surface area contributed by atoms with Crippen molar-refractivity contribution in [2.45, 2.75) is 18.9 Å². The molecule has 1 unspecified atom stereocenters. The summed E-state index contributed by atoms with van der Waals surface area (Å²) >= 11 is 0. The Bertz CT molecular complexity index is 1250.